The molecule has 1 N–H and O–H groups in total. The molecule has 25 heavy (non-hydrogen) atoms. The molecule has 0 amide bonds. The zero-order chi connectivity index (χ0) is 17.9. The molecule has 0 aromatic heterocycles. The van der Waals surface area contributed by atoms with Crippen LogP contribution in [-0.2, 0) is 9.47 Å². The second-order valence-electron chi connectivity index (χ2n) is 5.94. The molecule has 0 bridgehead atoms. The Morgan fingerprint density at radius 1 is 1.28 bits per heavy atom. The van der Waals surface area contributed by atoms with E-state index in [1.807, 2.05) is 31.3 Å². The van der Waals surface area contributed by atoms with Crippen LogP contribution in [0.1, 0.15) is 6.42 Å². The fourth-order valence-corrected chi connectivity index (χ4v) is 2.87. The summed E-state index contributed by atoms with van der Waals surface area (Å²) in [7, 11) is 3.50. The smallest absolute Gasteiger partial charge is 0.193 e. The quantitative estimate of drug-likeness (QED) is 0.411. The van der Waals surface area contributed by atoms with E-state index in [1.54, 1.807) is 7.11 Å². The van der Waals surface area contributed by atoms with E-state index in [2.05, 4.69) is 15.2 Å². The molecule has 0 spiro atoms. The van der Waals surface area contributed by atoms with Gasteiger partial charge < -0.3 is 24.4 Å². The molecule has 0 saturated carbocycles. The molecule has 7 heteroatoms. The van der Waals surface area contributed by atoms with Crippen molar-refractivity contribution < 1.29 is 14.2 Å². The Labute approximate surface area is 155 Å². The summed E-state index contributed by atoms with van der Waals surface area (Å²) < 4.78 is 16.3. The minimum atomic E-state index is 0.542. The first-order valence-corrected chi connectivity index (χ1v) is 9.01. The number of likely N-dealkylation sites (tertiary alicyclic amines) is 1. The van der Waals surface area contributed by atoms with Crippen molar-refractivity contribution in [3.05, 3.63) is 29.3 Å². The predicted molar refractivity (Wildman–Crippen MR) is 101 cm³/mol. The van der Waals surface area contributed by atoms with Crippen molar-refractivity contribution >= 4 is 17.6 Å². The first-order valence-electron chi connectivity index (χ1n) is 8.63. The number of halogens is 1. The molecule has 0 aliphatic carbocycles. The van der Waals surface area contributed by atoms with Crippen molar-refractivity contribution in [2.45, 2.75) is 6.42 Å². The number of guanidine groups is 1. The van der Waals surface area contributed by atoms with E-state index in [0.29, 0.717) is 37.3 Å². The molecule has 140 valence electrons. The summed E-state index contributed by atoms with van der Waals surface area (Å²) in [6.07, 6.45) is 1.12. The Morgan fingerprint density at radius 3 is 2.80 bits per heavy atom. The summed E-state index contributed by atoms with van der Waals surface area (Å²) in [6, 6.07) is 7.38. The highest BCUT2D eigenvalue weighted by atomic mass is 35.5. The van der Waals surface area contributed by atoms with Crippen LogP contribution in [0.5, 0.6) is 5.75 Å². The molecule has 2 rings (SSSR count). The van der Waals surface area contributed by atoms with Crippen molar-refractivity contribution in [2.75, 3.05) is 60.2 Å². The largest absolute Gasteiger partial charge is 0.492 e. The Bertz CT molecular complexity index is 525. The molecule has 1 aliphatic heterocycles. The topological polar surface area (TPSA) is 55.3 Å². The van der Waals surface area contributed by atoms with Crippen LogP contribution < -0.4 is 10.1 Å². The van der Waals surface area contributed by atoms with Gasteiger partial charge in [0.1, 0.15) is 12.4 Å². The van der Waals surface area contributed by atoms with E-state index in [1.165, 1.54) is 0 Å². The summed E-state index contributed by atoms with van der Waals surface area (Å²) in [4.78, 5) is 6.64. The van der Waals surface area contributed by atoms with Crippen LogP contribution in [0.15, 0.2) is 29.3 Å². The number of hydrogen-bond acceptors (Lipinski definition) is 4. The standard InChI is InChI=1S/C18H28ClN3O3/c1-20-18(21-8-10-25-17-5-3-16(19)4-6-17)22-9-7-15(13-22)14-24-12-11-23-2/h3-6,15H,7-14H2,1-2H3,(H,20,21). The molecule has 1 atom stereocenters. The first-order chi connectivity index (χ1) is 12.2. The third-order valence-corrected chi connectivity index (χ3v) is 4.30. The van der Waals surface area contributed by atoms with Crippen LogP contribution in [0.25, 0.3) is 0 Å². The van der Waals surface area contributed by atoms with Gasteiger partial charge in [0.2, 0.25) is 0 Å². The maximum absolute atomic E-state index is 5.86. The molecular formula is C18H28ClN3O3. The minimum Gasteiger partial charge on any atom is -0.492 e. The van der Waals surface area contributed by atoms with Crippen molar-refractivity contribution in [2.24, 2.45) is 10.9 Å². The molecule has 1 aliphatic rings. The molecule has 6 nitrogen and oxygen atoms in total. The Kier molecular flexibility index (Phi) is 8.86. The molecule has 1 fully saturated rings. The molecule has 1 unspecified atom stereocenters. The van der Waals surface area contributed by atoms with Gasteiger partial charge in [0, 0.05) is 38.2 Å². The number of benzene rings is 1. The van der Waals surface area contributed by atoms with Crippen molar-refractivity contribution in [1.29, 1.82) is 0 Å². The fraction of sp³-hybridized carbons (Fsp3) is 0.611. The Hall–Kier alpha value is -1.50. The number of nitrogens with one attached hydrogen (secondary N) is 1. The lowest BCUT2D eigenvalue weighted by atomic mass is 10.1. The number of rotatable bonds is 9. The second kappa shape index (κ2) is 11.2. The lowest BCUT2D eigenvalue weighted by molar-refractivity contribution is 0.0536. The zero-order valence-electron chi connectivity index (χ0n) is 15.0. The summed E-state index contributed by atoms with van der Waals surface area (Å²) >= 11 is 5.86. The average molecular weight is 370 g/mol. The van der Waals surface area contributed by atoms with Crippen LogP contribution in [0.3, 0.4) is 0 Å². The van der Waals surface area contributed by atoms with Gasteiger partial charge in [-0.15, -0.1) is 0 Å². The van der Waals surface area contributed by atoms with Crippen LogP contribution in [-0.4, -0.2) is 71.1 Å². The first kappa shape index (κ1) is 19.8. The van der Waals surface area contributed by atoms with E-state index < -0.39 is 0 Å². The highest BCUT2D eigenvalue weighted by molar-refractivity contribution is 6.30. The van der Waals surface area contributed by atoms with Crippen molar-refractivity contribution in [3.8, 4) is 5.75 Å². The van der Waals surface area contributed by atoms with Gasteiger partial charge in [0.25, 0.3) is 0 Å². The number of methoxy groups -OCH3 is 1. The van der Waals surface area contributed by atoms with E-state index in [9.17, 15) is 0 Å². The fourth-order valence-electron chi connectivity index (χ4n) is 2.75. The molecule has 0 radical (unpaired) electrons. The van der Waals surface area contributed by atoms with Gasteiger partial charge in [-0.1, -0.05) is 11.6 Å². The molecular weight excluding hydrogens is 342 g/mol. The van der Waals surface area contributed by atoms with Gasteiger partial charge in [-0.3, -0.25) is 4.99 Å². The number of aliphatic imine (C=N–C) groups is 1. The van der Waals surface area contributed by atoms with Gasteiger partial charge in [-0.25, -0.2) is 0 Å². The summed E-state index contributed by atoms with van der Waals surface area (Å²) in [5.74, 6) is 2.27. The van der Waals surface area contributed by atoms with Gasteiger partial charge >= 0.3 is 0 Å². The van der Waals surface area contributed by atoms with E-state index in [4.69, 9.17) is 25.8 Å². The maximum atomic E-state index is 5.86. The number of nitrogens with zero attached hydrogens (tertiary/aromatic N) is 2. The third-order valence-electron chi connectivity index (χ3n) is 4.05. The van der Waals surface area contributed by atoms with Gasteiger partial charge in [-0.05, 0) is 30.7 Å². The Morgan fingerprint density at radius 2 is 2.08 bits per heavy atom. The molecule has 1 aromatic rings. The van der Waals surface area contributed by atoms with E-state index in [0.717, 1.165) is 37.8 Å². The highest BCUT2D eigenvalue weighted by Gasteiger charge is 2.24. The lowest BCUT2D eigenvalue weighted by Crippen LogP contribution is -2.41. The summed E-state index contributed by atoms with van der Waals surface area (Å²) in [5.41, 5.74) is 0. The summed E-state index contributed by atoms with van der Waals surface area (Å²) in [6.45, 7) is 5.30. The monoisotopic (exact) mass is 369 g/mol. The van der Waals surface area contributed by atoms with Crippen LogP contribution in [0.2, 0.25) is 5.02 Å². The SMILES string of the molecule is CN=C(NCCOc1ccc(Cl)cc1)N1CCC(COCCOC)C1. The third kappa shape index (κ3) is 7.10. The minimum absolute atomic E-state index is 0.542. The van der Waals surface area contributed by atoms with Gasteiger partial charge in [0.15, 0.2) is 5.96 Å². The highest BCUT2D eigenvalue weighted by Crippen LogP contribution is 2.17. The van der Waals surface area contributed by atoms with Crippen LogP contribution in [0, 0.1) is 5.92 Å². The summed E-state index contributed by atoms with van der Waals surface area (Å²) in [5, 5.41) is 4.06. The number of hydrogen-bond donors (Lipinski definition) is 1. The molecule has 1 saturated heterocycles. The van der Waals surface area contributed by atoms with Crippen molar-refractivity contribution in [3.63, 3.8) is 0 Å². The van der Waals surface area contributed by atoms with Gasteiger partial charge in [-0.2, -0.15) is 0 Å². The average Bonchev–Trinajstić information content (AvgIpc) is 3.09. The normalized spacial score (nSPS) is 17.8. The maximum Gasteiger partial charge on any atom is 0.193 e. The zero-order valence-corrected chi connectivity index (χ0v) is 15.8. The van der Waals surface area contributed by atoms with Crippen LogP contribution in [0.4, 0.5) is 0 Å². The second-order valence-corrected chi connectivity index (χ2v) is 6.38. The lowest BCUT2D eigenvalue weighted by Gasteiger charge is -2.21. The Balaban J connectivity index is 1.64. The van der Waals surface area contributed by atoms with Crippen molar-refractivity contribution in [1.82, 2.24) is 10.2 Å². The molecule has 1 aromatic carbocycles. The number of ether oxygens (including phenoxy) is 3. The van der Waals surface area contributed by atoms with E-state index >= 15 is 0 Å². The van der Waals surface area contributed by atoms with E-state index in [-0.39, 0.29) is 0 Å². The van der Waals surface area contributed by atoms with Gasteiger partial charge in [0.05, 0.1) is 26.4 Å². The van der Waals surface area contributed by atoms with Crippen LogP contribution >= 0.6 is 11.6 Å². The molecule has 1 heterocycles. The predicted octanol–water partition coefficient (Wildman–Crippen LogP) is 2.28.